The first-order valence-electron chi connectivity index (χ1n) is 9.96. The average molecular weight is 384 g/mol. The number of fused-ring (bicyclic) bond motifs is 6. The average Bonchev–Trinajstić information content (AvgIpc) is 3.28. The normalized spacial score (nSPS) is 18.6. The Morgan fingerprint density at radius 2 is 1.28 bits per heavy atom. The maximum absolute atomic E-state index is 6.34. The van der Waals surface area contributed by atoms with Crippen LogP contribution in [0.3, 0.4) is 0 Å². The maximum atomic E-state index is 6.34. The van der Waals surface area contributed by atoms with Gasteiger partial charge in [-0.3, -0.25) is 0 Å². The van der Waals surface area contributed by atoms with E-state index in [4.69, 9.17) is 18.1 Å². The van der Waals surface area contributed by atoms with Crippen LogP contribution < -0.4 is 5.46 Å². The third kappa shape index (κ3) is 2.29. The van der Waals surface area contributed by atoms with Gasteiger partial charge in [0.15, 0.2) is 0 Å². The van der Waals surface area contributed by atoms with Crippen molar-refractivity contribution in [2.45, 2.75) is 38.9 Å². The molecule has 0 radical (unpaired) electrons. The summed E-state index contributed by atoms with van der Waals surface area (Å²) >= 11 is 0. The fourth-order valence-corrected chi connectivity index (χ4v) is 4.24. The summed E-state index contributed by atoms with van der Waals surface area (Å²) in [6.45, 7) is 8.28. The Hall–Kier alpha value is -2.76. The first-order valence-corrected chi connectivity index (χ1v) is 9.96. The summed E-state index contributed by atoms with van der Waals surface area (Å²) in [5.41, 5.74) is 3.54. The second-order valence-corrected chi connectivity index (χ2v) is 8.85. The number of benzene rings is 3. The van der Waals surface area contributed by atoms with Crippen molar-refractivity contribution in [1.82, 2.24) is 0 Å². The fraction of sp³-hybridized carbons (Fsp3) is 0.250. The van der Waals surface area contributed by atoms with Crippen LogP contribution in [0.25, 0.3) is 43.9 Å². The van der Waals surface area contributed by atoms with Gasteiger partial charge < -0.3 is 18.1 Å². The minimum atomic E-state index is -0.443. The molecule has 0 atom stereocenters. The predicted octanol–water partition coefficient (Wildman–Crippen LogP) is 5.78. The molecular weight excluding hydrogens is 363 g/mol. The fourth-order valence-electron chi connectivity index (χ4n) is 4.24. The maximum Gasteiger partial charge on any atom is 0.495 e. The van der Waals surface area contributed by atoms with Crippen molar-refractivity contribution in [3.63, 3.8) is 0 Å². The molecule has 4 nitrogen and oxygen atoms in total. The molecule has 1 aliphatic heterocycles. The molecule has 5 aromatic rings. The molecule has 2 aromatic heterocycles. The zero-order chi connectivity index (χ0) is 20.0. The van der Waals surface area contributed by atoms with Gasteiger partial charge in [-0.25, -0.2) is 0 Å². The van der Waals surface area contributed by atoms with Crippen molar-refractivity contribution < 1.29 is 18.1 Å². The summed E-state index contributed by atoms with van der Waals surface area (Å²) in [5, 5.41) is 4.27. The lowest BCUT2D eigenvalue weighted by Gasteiger charge is -2.32. The van der Waals surface area contributed by atoms with Gasteiger partial charge in [-0.2, -0.15) is 0 Å². The standard InChI is InChI=1S/C24H21BO4/c1-23(2)24(3,4)29-25(28-23)17-9-7-11-19-22(17)16-12-15-14-8-5-6-10-18(14)26-20(15)13-21(16)27-19/h5-13H,1-4H3. The van der Waals surface area contributed by atoms with Crippen LogP contribution in [-0.4, -0.2) is 18.3 Å². The van der Waals surface area contributed by atoms with Gasteiger partial charge in [0.2, 0.25) is 0 Å². The van der Waals surface area contributed by atoms with Gasteiger partial charge in [0.05, 0.1) is 11.2 Å². The largest absolute Gasteiger partial charge is 0.495 e. The van der Waals surface area contributed by atoms with E-state index < -0.39 is 18.3 Å². The van der Waals surface area contributed by atoms with E-state index in [0.29, 0.717) is 0 Å². The molecule has 0 unspecified atom stereocenters. The van der Waals surface area contributed by atoms with E-state index in [1.807, 2.05) is 36.4 Å². The Balaban J connectivity index is 1.64. The van der Waals surface area contributed by atoms with Gasteiger partial charge in [0.1, 0.15) is 22.3 Å². The number of furan rings is 2. The van der Waals surface area contributed by atoms with E-state index in [0.717, 1.165) is 49.3 Å². The minimum absolute atomic E-state index is 0.395. The molecule has 0 N–H and O–H groups in total. The molecule has 1 saturated heterocycles. The van der Waals surface area contributed by atoms with Crippen molar-refractivity contribution in [1.29, 1.82) is 0 Å². The second-order valence-electron chi connectivity index (χ2n) is 8.85. The molecule has 3 aromatic carbocycles. The topological polar surface area (TPSA) is 44.7 Å². The number of para-hydroxylation sites is 1. The highest BCUT2D eigenvalue weighted by atomic mass is 16.7. The Bertz CT molecular complexity index is 1410. The number of hydrogen-bond donors (Lipinski definition) is 0. The molecule has 0 saturated carbocycles. The molecular formula is C24H21BO4. The molecule has 6 rings (SSSR count). The third-order valence-corrected chi connectivity index (χ3v) is 6.53. The van der Waals surface area contributed by atoms with Gasteiger partial charge in [0.25, 0.3) is 0 Å². The molecule has 0 amide bonds. The van der Waals surface area contributed by atoms with Gasteiger partial charge in [0, 0.05) is 27.6 Å². The second kappa shape index (κ2) is 5.44. The van der Waals surface area contributed by atoms with Crippen LogP contribution in [0.5, 0.6) is 0 Å². The quantitative estimate of drug-likeness (QED) is 0.344. The lowest BCUT2D eigenvalue weighted by molar-refractivity contribution is 0.00578. The van der Waals surface area contributed by atoms with Crippen LogP contribution >= 0.6 is 0 Å². The monoisotopic (exact) mass is 384 g/mol. The van der Waals surface area contributed by atoms with Crippen molar-refractivity contribution in [2.75, 3.05) is 0 Å². The predicted molar refractivity (Wildman–Crippen MR) is 117 cm³/mol. The Morgan fingerprint density at radius 1 is 0.621 bits per heavy atom. The van der Waals surface area contributed by atoms with Crippen LogP contribution in [-0.2, 0) is 9.31 Å². The molecule has 0 spiro atoms. The Kier molecular flexibility index (Phi) is 3.21. The van der Waals surface area contributed by atoms with Crippen LogP contribution in [0, 0.1) is 0 Å². The van der Waals surface area contributed by atoms with E-state index in [1.54, 1.807) is 0 Å². The van der Waals surface area contributed by atoms with Crippen LogP contribution in [0.1, 0.15) is 27.7 Å². The summed E-state index contributed by atoms with van der Waals surface area (Å²) in [5.74, 6) is 0. The summed E-state index contributed by atoms with van der Waals surface area (Å²) < 4.78 is 24.9. The zero-order valence-corrected chi connectivity index (χ0v) is 16.9. The van der Waals surface area contributed by atoms with E-state index in [1.165, 1.54) is 0 Å². The van der Waals surface area contributed by atoms with Gasteiger partial charge in [-0.15, -0.1) is 0 Å². The first kappa shape index (κ1) is 17.1. The Morgan fingerprint density at radius 3 is 2.07 bits per heavy atom. The van der Waals surface area contributed by atoms with Gasteiger partial charge in [-0.1, -0.05) is 30.3 Å². The molecule has 1 aliphatic rings. The lowest BCUT2D eigenvalue weighted by Crippen LogP contribution is -2.41. The summed E-state index contributed by atoms with van der Waals surface area (Å²) in [6, 6.07) is 18.3. The lowest BCUT2D eigenvalue weighted by atomic mass is 9.76. The highest BCUT2D eigenvalue weighted by Crippen LogP contribution is 2.39. The molecule has 3 heterocycles. The summed E-state index contributed by atoms with van der Waals surface area (Å²) in [6.07, 6.45) is 0. The summed E-state index contributed by atoms with van der Waals surface area (Å²) in [4.78, 5) is 0. The zero-order valence-electron chi connectivity index (χ0n) is 16.9. The Labute approximate surface area is 168 Å². The van der Waals surface area contributed by atoms with E-state index in [-0.39, 0.29) is 0 Å². The minimum Gasteiger partial charge on any atom is -0.456 e. The van der Waals surface area contributed by atoms with Crippen LogP contribution in [0.2, 0.25) is 0 Å². The van der Waals surface area contributed by atoms with Gasteiger partial charge in [-0.05, 0) is 51.4 Å². The number of rotatable bonds is 1. The van der Waals surface area contributed by atoms with Crippen molar-refractivity contribution >= 4 is 56.5 Å². The summed E-state index contributed by atoms with van der Waals surface area (Å²) in [7, 11) is -0.443. The highest BCUT2D eigenvalue weighted by Gasteiger charge is 2.52. The molecule has 144 valence electrons. The van der Waals surface area contributed by atoms with Crippen molar-refractivity contribution in [3.8, 4) is 0 Å². The van der Waals surface area contributed by atoms with Crippen LogP contribution in [0.4, 0.5) is 0 Å². The SMILES string of the molecule is CC1(C)OB(c2cccc3oc4cc5oc6ccccc6c5cc4c23)OC1(C)C. The van der Waals surface area contributed by atoms with Crippen LogP contribution in [0.15, 0.2) is 63.4 Å². The number of hydrogen-bond acceptors (Lipinski definition) is 4. The third-order valence-electron chi connectivity index (χ3n) is 6.53. The smallest absolute Gasteiger partial charge is 0.456 e. The molecule has 1 fully saturated rings. The highest BCUT2D eigenvalue weighted by molar-refractivity contribution is 6.66. The van der Waals surface area contributed by atoms with E-state index in [2.05, 4.69) is 45.9 Å². The molecule has 5 heteroatoms. The van der Waals surface area contributed by atoms with Crippen molar-refractivity contribution in [2.24, 2.45) is 0 Å². The molecule has 0 bridgehead atoms. The van der Waals surface area contributed by atoms with E-state index >= 15 is 0 Å². The van der Waals surface area contributed by atoms with Gasteiger partial charge >= 0.3 is 7.12 Å². The molecule has 0 aliphatic carbocycles. The van der Waals surface area contributed by atoms with E-state index in [9.17, 15) is 0 Å². The molecule has 29 heavy (non-hydrogen) atoms. The first-order chi connectivity index (χ1) is 13.8. The van der Waals surface area contributed by atoms with Crippen molar-refractivity contribution in [3.05, 3.63) is 54.6 Å².